The van der Waals surface area contributed by atoms with E-state index in [2.05, 4.69) is 243 Å². The molecule has 10 aromatic carbocycles. The molecule has 13 rings (SSSR count). The summed E-state index contributed by atoms with van der Waals surface area (Å²) in [6.45, 7) is 8.78. The summed E-state index contributed by atoms with van der Waals surface area (Å²) >= 11 is 0. The maximum absolute atomic E-state index is 5.36. The third-order valence-electron chi connectivity index (χ3n) is 14.5. The van der Waals surface area contributed by atoms with E-state index in [1.807, 2.05) is 24.3 Å². The standard InChI is InChI=1S/C68H50N4/c1-43-27-32-52(45(3)37-43)49-29-34-66-58(39-49)59-40-50(53-33-28-44(2)38-46(53)4)30-35-67(59)72(66)65-36-31-51(61-42-60(47-17-7-5-8-18-47)69-68(70-61)48-19-9-6-10-20-48)41-57(65)56-23-13-16-26-64(56)71-62-24-14-11-21-54(62)55-22-12-15-25-63(55)71/h5-42H,1-4H3. The van der Waals surface area contributed by atoms with E-state index in [0.29, 0.717) is 5.82 Å². The summed E-state index contributed by atoms with van der Waals surface area (Å²) in [6, 6.07) is 83.9. The van der Waals surface area contributed by atoms with Crippen LogP contribution in [0.5, 0.6) is 0 Å². The molecule has 0 unspecified atom stereocenters. The van der Waals surface area contributed by atoms with Crippen LogP contribution in [0, 0.1) is 27.7 Å². The normalized spacial score (nSPS) is 11.6. The largest absolute Gasteiger partial charge is 0.309 e. The zero-order valence-electron chi connectivity index (χ0n) is 40.7. The van der Waals surface area contributed by atoms with Gasteiger partial charge in [0.15, 0.2) is 5.82 Å². The first kappa shape index (κ1) is 42.9. The molecule has 0 fully saturated rings. The van der Waals surface area contributed by atoms with Crippen molar-refractivity contribution in [2.45, 2.75) is 27.7 Å². The van der Waals surface area contributed by atoms with Crippen molar-refractivity contribution in [1.82, 2.24) is 19.1 Å². The number of nitrogens with zero attached hydrogens (tertiary/aromatic N) is 4. The van der Waals surface area contributed by atoms with Gasteiger partial charge in [-0.25, -0.2) is 9.97 Å². The number of rotatable bonds is 8. The van der Waals surface area contributed by atoms with E-state index in [-0.39, 0.29) is 0 Å². The van der Waals surface area contributed by atoms with Gasteiger partial charge >= 0.3 is 0 Å². The van der Waals surface area contributed by atoms with E-state index in [1.165, 1.54) is 66.1 Å². The van der Waals surface area contributed by atoms with Crippen LogP contribution < -0.4 is 0 Å². The van der Waals surface area contributed by atoms with Crippen molar-refractivity contribution in [3.63, 3.8) is 0 Å². The van der Waals surface area contributed by atoms with Gasteiger partial charge in [0.2, 0.25) is 0 Å². The number of aryl methyl sites for hydroxylation is 4. The molecule has 3 heterocycles. The highest BCUT2D eigenvalue weighted by Gasteiger charge is 2.23. The predicted octanol–water partition coefficient (Wildman–Crippen LogP) is 17.9. The second-order valence-electron chi connectivity index (χ2n) is 19.2. The number of benzene rings is 10. The molecule has 0 saturated heterocycles. The van der Waals surface area contributed by atoms with E-state index in [9.17, 15) is 0 Å². The van der Waals surface area contributed by atoms with Crippen molar-refractivity contribution in [2.75, 3.05) is 0 Å². The summed E-state index contributed by atoms with van der Waals surface area (Å²) in [4.78, 5) is 10.5. The molecule has 4 heteroatoms. The van der Waals surface area contributed by atoms with Crippen molar-refractivity contribution in [1.29, 1.82) is 0 Å². The quantitative estimate of drug-likeness (QED) is 0.152. The van der Waals surface area contributed by atoms with Gasteiger partial charge in [0.25, 0.3) is 0 Å². The second kappa shape index (κ2) is 17.4. The highest BCUT2D eigenvalue weighted by atomic mass is 15.0. The highest BCUT2D eigenvalue weighted by Crippen LogP contribution is 2.44. The lowest BCUT2D eigenvalue weighted by Gasteiger charge is -2.20. The molecule has 72 heavy (non-hydrogen) atoms. The Morgan fingerprint density at radius 2 is 0.736 bits per heavy atom. The molecule has 0 spiro atoms. The first-order chi connectivity index (χ1) is 35.3. The fourth-order valence-corrected chi connectivity index (χ4v) is 11.1. The zero-order valence-corrected chi connectivity index (χ0v) is 40.7. The lowest BCUT2D eigenvalue weighted by molar-refractivity contribution is 1.16. The molecule has 342 valence electrons. The number of hydrogen-bond donors (Lipinski definition) is 0. The minimum Gasteiger partial charge on any atom is -0.309 e. The molecular formula is C68H50N4. The number of fused-ring (bicyclic) bond motifs is 6. The summed E-state index contributed by atoms with van der Waals surface area (Å²) < 4.78 is 4.94. The maximum Gasteiger partial charge on any atom is 0.160 e. The van der Waals surface area contributed by atoms with Gasteiger partial charge in [0, 0.05) is 49.4 Å². The highest BCUT2D eigenvalue weighted by molar-refractivity contribution is 6.13. The Kier molecular flexibility index (Phi) is 10.4. The van der Waals surface area contributed by atoms with E-state index in [0.717, 1.165) is 72.6 Å². The van der Waals surface area contributed by atoms with E-state index in [1.54, 1.807) is 0 Å². The number of hydrogen-bond acceptors (Lipinski definition) is 2. The van der Waals surface area contributed by atoms with Crippen LogP contribution in [0.2, 0.25) is 0 Å². The molecule has 0 atom stereocenters. The van der Waals surface area contributed by atoms with Gasteiger partial charge in [-0.3, -0.25) is 0 Å². The fraction of sp³-hybridized carbons (Fsp3) is 0.0588. The van der Waals surface area contributed by atoms with Gasteiger partial charge in [-0.05, 0) is 122 Å². The Bertz CT molecular complexity index is 4030. The monoisotopic (exact) mass is 922 g/mol. The zero-order chi connectivity index (χ0) is 48.5. The third-order valence-corrected chi connectivity index (χ3v) is 14.5. The van der Waals surface area contributed by atoms with Crippen molar-refractivity contribution in [3.05, 3.63) is 253 Å². The molecule has 0 aliphatic carbocycles. The molecule has 0 bridgehead atoms. The van der Waals surface area contributed by atoms with Crippen LogP contribution in [0.3, 0.4) is 0 Å². The predicted molar refractivity (Wildman–Crippen MR) is 302 cm³/mol. The summed E-state index contributed by atoms with van der Waals surface area (Å²) in [5.41, 5.74) is 23.7. The average molecular weight is 923 g/mol. The summed E-state index contributed by atoms with van der Waals surface area (Å²) in [5.74, 6) is 0.685. The van der Waals surface area contributed by atoms with Crippen LogP contribution in [-0.4, -0.2) is 19.1 Å². The SMILES string of the molecule is Cc1ccc(-c2ccc3c(c2)c2cc(-c4ccc(C)cc4C)ccc2n3-c2ccc(-c3cc(-c4ccccc4)nc(-c4ccccc4)n3)cc2-c2ccccc2-n2c3ccccc3c3ccccc32)c(C)c1. The number of aromatic nitrogens is 4. The molecule has 0 saturated carbocycles. The summed E-state index contributed by atoms with van der Waals surface area (Å²) in [5, 5.41) is 4.86. The van der Waals surface area contributed by atoms with Gasteiger partial charge in [0.05, 0.1) is 44.8 Å². The molecule has 0 amide bonds. The Hall–Kier alpha value is -9.12. The van der Waals surface area contributed by atoms with Gasteiger partial charge in [-0.1, -0.05) is 181 Å². The summed E-state index contributed by atoms with van der Waals surface area (Å²) in [7, 11) is 0. The average Bonchev–Trinajstić information content (AvgIpc) is 3.93. The molecule has 4 nitrogen and oxygen atoms in total. The Morgan fingerprint density at radius 3 is 1.31 bits per heavy atom. The first-order valence-corrected chi connectivity index (χ1v) is 24.8. The van der Waals surface area contributed by atoms with Crippen molar-refractivity contribution < 1.29 is 0 Å². The van der Waals surface area contributed by atoms with Crippen LogP contribution in [0.4, 0.5) is 0 Å². The van der Waals surface area contributed by atoms with Crippen LogP contribution in [0.15, 0.2) is 231 Å². The van der Waals surface area contributed by atoms with Crippen LogP contribution >= 0.6 is 0 Å². The molecule has 0 N–H and O–H groups in total. The molecule has 3 aromatic heterocycles. The van der Waals surface area contributed by atoms with Gasteiger partial charge in [0.1, 0.15) is 0 Å². The van der Waals surface area contributed by atoms with Gasteiger partial charge in [-0.2, -0.15) is 0 Å². The second-order valence-corrected chi connectivity index (χ2v) is 19.2. The van der Waals surface area contributed by atoms with E-state index in [4.69, 9.17) is 9.97 Å². The van der Waals surface area contributed by atoms with Crippen molar-refractivity contribution in [3.8, 4) is 78.7 Å². The molecule has 13 aromatic rings. The van der Waals surface area contributed by atoms with E-state index < -0.39 is 0 Å². The lowest BCUT2D eigenvalue weighted by atomic mass is 9.95. The number of para-hydroxylation sites is 3. The van der Waals surface area contributed by atoms with Gasteiger partial charge < -0.3 is 9.13 Å². The van der Waals surface area contributed by atoms with Crippen molar-refractivity contribution in [2.24, 2.45) is 0 Å². The van der Waals surface area contributed by atoms with Crippen molar-refractivity contribution >= 4 is 43.6 Å². The molecular weight excluding hydrogens is 873 g/mol. The third kappa shape index (κ3) is 7.30. The smallest absolute Gasteiger partial charge is 0.160 e. The van der Waals surface area contributed by atoms with Crippen LogP contribution in [0.1, 0.15) is 22.3 Å². The fourth-order valence-electron chi connectivity index (χ4n) is 11.1. The summed E-state index contributed by atoms with van der Waals surface area (Å²) in [6.07, 6.45) is 0. The van der Waals surface area contributed by atoms with Crippen LogP contribution in [-0.2, 0) is 0 Å². The van der Waals surface area contributed by atoms with Crippen LogP contribution in [0.25, 0.3) is 122 Å². The molecule has 0 radical (unpaired) electrons. The topological polar surface area (TPSA) is 35.6 Å². The first-order valence-electron chi connectivity index (χ1n) is 24.8. The van der Waals surface area contributed by atoms with Gasteiger partial charge in [-0.15, -0.1) is 0 Å². The molecule has 0 aliphatic heterocycles. The Labute approximate surface area is 419 Å². The molecule has 0 aliphatic rings. The minimum atomic E-state index is 0.685. The Morgan fingerprint density at radius 1 is 0.278 bits per heavy atom. The van der Waals surface area contributed by atoms with E-state index >= 15 is 0 Å². The Balaban J connectivity index is 1.11. The lowest BCUT2D eigenvalue weighted by Crippen LogP contribution is -2.02. The minimum absolute atomic E-state index is 0.685. The maximum atomic E-state index is 5.36.